The first-order valence-corrected chi connectivity index (χ1v) is 12.6. The number of nitrogens with zero attached hydrogens (tertiary/aromatic N) is 1. The zero-order valence-corrected chi connectivity index (χ0v) is 21.2. The van der Waals surface area contributed by atoms with Crippen molar-refractivity contribution in [2.24, 2.45) is 0 Å². The van der Waals surface area contributed by atoms with E-state index in [2.05, 4.69) is 43.4 Å². The first kappa shape index (κ1) is 26.7. The molecule has 188 valence electrons. The highest BCUT2D eigenvalue weighted by molar-refractivity contribution is 5.69. The largest absolute Gasteiger partial charge is 0.489 e. The molecule has 0 saturated carbocycles. The topological polar surface area (TPSA) is 91.6 Å². The Bertz CT molecular complexity index is 1040. The van der Waals surface area contributed by atoms with Crippen molar-refractivity contribution in [2.45, 2.75) is 77.4 Å². The molecule has 2 aromatic rings. The predicted molar refractivity (Wildman–Crippen MR) is 136 cm³/mol. The van der Waals surface area contributed by atoms with Crippen molar-refractivity contribution in [3.8, 4) is 11.8 Å². The van der Waals surface area contributed by atoms with Crippen molar-refractivity contribution in [3.05, 3.63) is 64.2 Å². The molecule has 1 aliphatic rings. The lowest BCUT2D eigenvalue weighted by Gasteiger charge is -2.29. The molecule has 35 heavy (non-hydrogen) atoms. The van der Waals surface area contributed by atoms with Gasteiger partial charge in [0.05, 0.1) is 12.2 Å². The number of carbonyl (C=O) groups is 1. The van der Waals surface area contributed by atoms with E-state index >= 15 is 0 Å². The van der Waals surface area contributed by atoms with E-state index < -0.39 is 6.10 Å². The first-order chi connectivity index (χ1) is 16.8. The highest BCUT2D eigenvalue weighted by Crippen LogP contribution is 2.24. The molecule has 6 nitrogen and oxygen atoms in total. The summed E-state index contributed by atoms with van der Waals surface area (Å²) in [5.74, 6) is 0.167. The first-order valence-electron chi connectivity index (χ1n) is 12.6. The molecule has 0 fully saturated rings. The normalized spacial score (nSPS) is 14.0. The number of rotatable bonds is 12. The van der Waals surface area contributed by atoms with Gasteiger partial charge in [0.2, 0.25) is 0 Å². The number of fused-ring (bicyclic) bond motifs is 1. The number of aliphatic hydroxyl groups excluding tert-OH is 1. The summed E-state index contributed by atoms with van der Waals surface area (Å²) in [6.07, 6.45) is 5.82. The van der Waals surface area contributed by atoms with Gasteiger partial charge in [-0.2, -0.15) is 5.26 Å². The molecule has 1 unspecified atom stereocenters. The van der Waals surface area contributed by atoms with Crippen LogP contribution in [-0.2, 0) is 35.2 Å². The molecule has 0 amide bonds. The Morgan fingerprint density at radius 3 is 2.63 bits per heavy atom. The number of esters is 1. The van der Waals surface area contributed by atoms with Gasteiger partial charge in [-0.05, 0) is 93.7 Å². The summed E-state index contributed by atoms with van der Waals surface area (Å²) in [4.78, 5) is 11.6. The lowest BCUT2D eigenvalue weighted by molar-refractivity contribution is -0.143. The highest BCUT2D eigenvalue weighted by Gasteiger charge is 2.21. The van der Waals surface area contributed by atoms with Gasteiger partial charge in [-0.15, -0.1) is 0 Å². The fourth-order valence-corrected chi connectivity index (χ4v) is 4.52. The molecule has 1 aliphatic carbocycles. The zero-order valence-electron chi connectivity index (χ0n) is 21.2. The van der Waals surface area contributed by atoms with Gasteiger partial charge in [-0.25, -0.2) is 0 Å². The van der Waals surface area contributed by atoms with Gasteiger partial charge in [0, 0.05) is 18.5 Å². The molecule has 0 saturated heterocycles. The van der Waals surface area contributed by atoms with Gasteiger partial charge in [0.1, 0.15) is 24.5 Å². The maximum atomic E-state index is 11.6. The van der Waals surface area contributed by atoms with Gasteiger partial charge < -0.3 is 19.9 Å². The van der Waals surface area contributed by atoms with Crippen LogP contribution < -0.4 is 10.1 Å². The summed E-state index contributed by atoms with van der Waals surface area (Å²) in [7, 11) is 0. The van der Waals surface area contributed by atoms with Crippen LogP contribution in [0.4, 0.5) is 0 Å². The number of carbonyl (C=O) groups excluding carboxylic acids is 1. The lowest BCUT2D eigenvalue weighted by atomic mass is 9.87. The van der Waals surface area contributed by atoms with E-state index in [4.69, 9.17) is 9.47 Å². The minimum atomic E-state index is -0.729. The summed E-state index contributed by atoms with van der Waals surface area (Å²) in [5, 5.41) is 23.4. The average molecular weight is 479 g/mol. The molecule has 2 aromatic carbocycles. The Hall–Kier alpha value is -2.88. The quantitative estimate of drug-likeness (QED) is 0.443. The van der Waals surface area contributed by atoms with E-state index in [9.17, 15) is 15.2 Å². The molecule has 0 radical (unpaired) electrons. The van der Waals surface area contributed by atoms with Crippen LogP contribution >= 0.6 is 0 Å². The van der Waals surface area contributed by atoms with Crippen LogP contribution in [0.15, 0.2) is 36.4 Å². The van der Waals surface area contributed by atoms with Crippen LogP contribution in [0.3, 0.4) is 0 Å². The second-order valence-corrected chi connectivity index (χ2v) is 9.96. The summed E-state index contributed by atoms with van der Waals surface area (Å²) < 4.78 is 10.8. The molecular weight excluding hydrogens is 440 g/mol. The van der Waals surface area contributed by atoms with Crippen molar-refractivity contribution >= 4 is 5.97 Å². The Morgan fingerprint density at radius 1 is 1.14 bits per heavy atom. The van der Waals surface area contributed by atoms with E-state index in [1.807, 2.05) is 6.07 Å². The molecule has 0 heterocycles. The third-order valence-corrected chi connectivity index (χ3v) is 6.40. The number of ether oxygens (including phenoxy) is 2. The molecule has 1 atom stereocenters. The molecule has 2 N–H and O–H groups in total. The monoisotopic (exact) mass is 478 g/mol. The van der Waals surface area contributed by atoms with Crippen LogP contribution in [0.2, 0.25) is 0 Å². The molecular formula is C29H38N2O4. The van der Waals surface area contributed by atoms with E-state index in [0.29, 0.717) is 30.9 Å². The SMILES string of the molecule is CCOC(=O)CCc1ccc(C#N)c(OCC(O)CNC(C)(C)Cc2ccc3c(c2)CCCC3)c1. The van der Waals surface area contributed by atoms with Gasteiger partial charge in [0.25, 0.3) is 0 Å². The molecule has 0 bridgehead atoms. The lowest BCUT2D eigenvalue weighted by Crippen LogP contribution is -2.46. The number of aryl methyl sites for hydroxylation is 3. The number of hydrogen-bond acceptors (Lipinski definition) is 6. The van der Waals surface area contributed by atoms with Crippen molar-refractivity contribution in [2.75, 3.05) is 19.8 Å². The minimum absolute atomic E-state index is 0.0674. The molecule has 0 aliphatic heterocycles. The number of aliphatic hydroxyl groups is 1. The fourth-order valence-electron chi connectivity index (χ4n) is 4.52. The average Bonchev–Trinajstić information content (AvgIpc) is 2.85. The molecule has 3 rings (SSSR count). The standard InChI is InChI=1S/C29H38N2O4/c1-4-34-28(33)14-11-21-9-13-25(18-30)27(16-21)35-20-26(32)19-31-29(2,3)17-22-10-12-23-7-5-6-8-24(23)15-22/h9-10,12-13,15-16,26,31-32H,4-8,11,14,17,19-20H2,1-3H3. The van der Waals surface area contributed by atoms with Gasteiger partial charge >= 0.3 is 5.97 Å². The van der Waals surface area contributed by atoms with Crippen LogP contribution in [0.25, 0.3) is 0 Å². The third kappa shape index (κ3) is 8.38. The Labute approximate surface area is 209 Å². The second kappa shape index (κ2) is 12.7. The van der Waals surface area contributed by atoms with Crippen LogP contribution in [0.1, 0.15) is 67.9 Å². The third-order valence-electron chi connectivity index (χ3n) is 6.40. The van der Waals surface area contributed by atoms with Crippen LogP contribution in [-0.4, -0.2) is 42.5 Å². The summed E-state index contributed by atoms with van der Waals surface area (Å²) in [6.45, 7) is 6.86. The van der Waals surface area contributed by atoms with Crippen molar-refractivity contribution in [1.29, 1.82) is 5.26 Å². The van der Waals surface area contributed by atoms with E-state index in [-0.39, 0.29) is 24.5 Å². The van der Waals surface area contributed by atoms with Gasteiger partial charge in [-0.3, -0.25) is 4.79 Å². The number of hydrogen-bond donors (Lipinski definition) is 2. The summed E-state index contributed by atoms with van der Waals surface area (Å²) in [5.41, 5.74) is 5.38. The maximum absolute atomic E-state index is 11.6. The second-order valence-electron chi connectivity index (χ2n) is 9.96. The number of benzene rings is 2. The van der Waals surface area contributed by atoms with Crippen molar-refractivity contribution in [1.82, 2.24) is 5.32 Å². The van der Waals surface area contributed by atoms with E-state index in [1.165, 1.54) is 42.4 Å². The molecule has 6 heteroatoms. The maximum Gasteiger partial charge on any atom is 0.306 e. The smallest absolute Gasteiger partial charge is 0.306 e. The van der Waals surface area contributed by atoms with Crippen molar-refractivity contribution < 1.29 is 19.4 Å². The highest BCUT2D eigenvalue weighted by atomic mass is 16.5. The van der Waals surface area contributed by atoms with Crippen LogP contribution in [0, 0.1) is 11.3 Å². The Kier molecular flexibility index (Phi) is 9.71. The summed E-state index contributed by atoms with van der Waals surface area (Å²) >= 11 is 0. The predicted octanol–water partition coefficient (Wildman–Crippen LogP) is 4.28. The van der Waals surface area contributed by atoms with Crippen molar-refractivity contribution in [3.63, 3.8) is 0 Å². The zero-order chi connectivity index (χ0) is 25.3. The van der Waals surface area contributed by atoms with E-state index in [0.717, 1.165) is 12.0 Å². The van der Waals surface area contributed by atoms with E-state index in [1.54, 1.807) is 19.1 Å². The number of nitriles is 1. The molecule has 0 aromatic heterocycles. The number of β-amino-alcohol motifs (C(OH)–C–C–N with tert-alkyl or cyclic N) is 1. The Morgan fingerprint density at radius 2 is 1.89 bits per heavy atom. The van der Waals surface area contributed by atoms with Crippen LogP contribution in [0.5, 0.6) is 5.75 Å². The fraction of sp³-hybridized carbons (Fsp3) is 0.517. The van der Waals surface area contributed by atoms with Gasteiger partial charge in [-0.1, -0.05) is 24.3 Å². The Balaban J connectivity index is 1.50. The minimum Gasteiger partial charge on any atom is -0.489 e. The van der Waals surface area contributed by atoms with Gasteiger partial charge in [0.15, 0.2) is 0 Å². The summed E-state index contributed by atoms with van der Waals surface area (Å²) in [6, 6.07) is 14.2. The molecule has 0 spiro atoms. The number of nitrogens with one attached hydrogen (secondary N) is 1.